The summed E-state index contributed by atoms with van der Waals surface area (Å²) in [6, 6.07) is 15.2. The summed E-state index contributed by atoms with van der Waals surface area (Å²) < 4.78 is 0. The summed E-state index contributed by atoms with van der Waals surface area (Å²) in [4.78, 5) is 12.0. The van der Waals surface area contributed by atoms with E-state index in [1.54, 1.807) is 6.07 Å². The molecule has 0 unspecified atom stereocenters. The number of rotatable bonds is 2. The van der Waals surface area contributed by atoms with Crippen LogP contribution in [-0.2, 0) is 0 Å². The molecule has 0 aliphatic heterocycles. The molecule has 0 atom stereocenters. The predicted octanol–water partition coefficient (Wildman–Crippen LogP) is 2.93. The predicted molar refractivity (Wildman–Crippen MR) is 89.2 cm³/mol. The van der Waals surface area contributed by atoms with Crippen molar-refractivity contribution in [2.75, 3.05) is 5.32 Å². The molecule has 0 aliphatic rings. The Balaban J connectivity index is 1.91. The minimum absolute atomic E-state index is 0.220. The zero-order valence-corrected chi connectivity index (χ0v) is 12.8. The Labute approximate surface area is 129 Å². The van der Waals surface area contributed by atoms with Crippen LogP contribution in [0.15, 0.2) is 48.5 Å². The maximum absolute atomic E-state index is 12.0. The molecule has 0 saturated carbocycles. The van der Waals surface area contributed by atoms with Crippen LogP contribution in [0.25, 0.3) is 0 Å². The van der Waals surface area contributed by atoms with Gasteiger partial charge in [0.1, 0.15) is 0 Å². The summed E-state index contributed by atoms with van der Waals surface area (Å²) in [7, 11) is 0. The van der Waals surface area contributed by atoms with E-state index in [0.29, 0.717) is 10.7 Å². The van der Waals surface area contributed by atoms with Crippen LogP contribution in [0.4, 0.5) is 5.69 Å². The first-order valence-corrected chi connectivity index (χ1v) is 6.97. The largest absolute Gasteiger partial charge is 0.331 e. The van der Waals surface area contributed by atoms with Gasteiger partial charge in [-0.05, 0) is 49.3 Å². The number of carbonyl (C=O) groups excluding carboxylic acids is 1. The van der Waals surface area contributed by atoms with Gasteiger partial charge in [-0.2, -0.15) is 0 Å². The molecule has 21 heavy (non-hydrogen) atoms. The highest BCUT2D eigenvalue weighted by molar-refractivity contribution is 7.80. The molecule has 1 amide bonds. The van der Waals surface area contributed by atoms with E-state index >= 15 is 0 Å². The molecule has 2 aromatic carbocycles. The monoisotopic (exact) mass is 299 g/mol. The first-order valence-electron chi connectivity index (χ1n) is 6.56. The van der Waals surface area contributed by atoms with E-state index in [4.69, 9.17) is 12.2 Å². The average Bonchev–Trinajstić information content (AvgIpc) is 2.48. The lowest BCUT2D eigenvalue weighted by Crippen LogP contribution is -2.44. The summed E-state index contributed by atoms with van der Waals surface area (Å²) in [6.45, 7) is 3.87. The summed E-state index contributed by atoms with van der Waals surface area (Å²) in [5, 5.41) is 3.38. The van der Waals surface area contributed by atoms with Gasteiger partial charge >= 0.3 is 0 Å². The molecule has 5 heteroatoms. The summed E-state index contributed by atoms with van der Waals surface area (Å²) in [6.07, 6.45) is 0. The topological polar surface area (TPSA) is 53.2 Å². The van der Waals surface area contributed by atoms with Crippen molar-refractivity contribution in [2.24, 2.45) is 0 Å². The highest BCUT2D eigenvalue weighted by atomic mass is 32.1. The summed E-state index contributed by atoms with van der Waals surface area (Å²) in [5.41, 5.74) is 8.80. The van der Waals surface area contributed by atoms with Crippen molar-refractivity contribution in [1.29, 1.82) is 0 Å². The quantitative estimate of drug-likeness (QED) is 0.589. The molecular weight excluding hydrogens is 282 g/mol. The normalized spacial score (nSPS) is 9.81. The standard InChI is InChI=1S/C16H17N3OS/c1-11-7-3-5-9-13(11)15(20)18-19-16(21)17-14-10-6-4-8-12(14)2/h3-10H,1-2H3,(H,18,20)(H2,17,19,21). The third-order valence-electron chi connectivity index (χ3n) is 3.07. The zero-order valence-electron chi connectivity index (χ0n) is 11.9. The number of hydrogen-bond donors (Lipinski definition) is 3. The molecule has 0 aliphatic carbocycles. The third-order valence-corrected chi connectivity index (χ3v) is 3.28. The Hall–Kier alpha value is -2.40. The second-order valence-corrected chi connectivity index (χ2v) is 5.07. The van der Waals surface area contributed by atoms with Gasteiger partial charge in [0.05, 0.1) is 0 Å². The minimum Gasteiger partial charge on any atom is -0.331 e. The van der Waals surface area contributed by atoms with Crippen LogP contribution >= 0.6 is 12.2 Å². The number of benzene rings is 2. The number of aryl methyl sites for hydroxylation is 2. The Kier molecular flexibility index (Phi) is 4.90. The molecule has 0 spiro atoms. The van der Waals surface area contributed by atoms with Crippen molar-refractivity contribution in [2.45, 2.75) is 13.8 Å². The number of thiocarbonyl (C=S) groups is 1. The number of nitrogens with one attached hydrogen (secondary N) is 3. The minimum atomic E-state index is -0.220. The van der Waals surface area contributed by atoms with E-state index in [1.807, 2.05) is 56.3 Å². The van der Waals surface area contributed by atoms with Gasteiger partial charge < -0.3 is 5.32 Å². The Morgan fingerprint density at radius 2 is 1.52 bits per heavy atom. The molecule has 0 aromatic heterocycles. The Morgan fingerprint density at radius 3 is 2.19 bits per heavy atom. The molecule has 0 radical (unpaired) electrons. The van der Waals surface area contributed by atoms with Crippen LogP contribution in [0, 0.1) is 13.8 Å². The second kappa shape index (κ2) is 6.85. The number of hydrazine groups is 1. The van der Waals surface area contributed by atoms with Crippen molar-refractivity contribution in [3.63, 3.8) is 0 Å². The molecule has 3 N–H and O–H groups in total. The van der Waals surface area contributed by atoms with Gasteiger partial charge in [0.15, 0.2) is 5.11 Å². The lowest BCUT2D eigenvalue weighted by molar-refractivity contribution is 0.0943. The van der Waals surface area contributed by atoms with E-state index in [0.717, 1.165) is 16.8 Å². The van der Waals surface area contributed by atoms with Crippen LogP contribution in [0.1, 0.15) is 21.5 Å². The summed E-state index contributed by atoms with van der Waals surface area (Å²) >= 11 is 5.16. The van der Waals surface area contributed by atoms with Crippen LogP contribution in [0.2, 0.25) is 0 Å². The maximum atomic E-state index is 12.0. The molecule has 4 nitrogen and oxygen atoms in total. The highest BCUT2D eigenvalue weighted by Gasteiger charge is 2.08. The molecule has 2 rings (SSSR count). The van der Waals surface area contributed by atoms with Gasteiger partial charge in [-0.1, -0.05) is 36.4 Å². The first-order chi connectivity index (χ1) is 10.1. The molecule has 0 bridgehead atoms. The lowest BCUT2D eigenvalue weighted by atomic mass is 10.1. The van der Waals surface area contributed by atoms with Gasteiger partial charge in [0.2, 0.25) is 0 Å². The number of para-hydroxylation sites is 1. The van der Waals surface area contributed by atoms with Crippen LogP contribution in [0.3, 0.4) is 0 Å². The number of anilines is 1. The maximum Gasteiger partial charge on any atom is 0.269 e. The second-order valence-electron chi connectivity index (χ2n) is 4.66. The average molecular weight is 299 g/mol. The molecular formula is C16H17N3OS. The fraction of sp³-hybridized carbons (Fsp3) is 0.125. The van der Waals surface area contributed by atoms with Crippen LogP contribution < -0.4 is 16.2 Å². The number of carbonyl (C=O) groups is 1. The van der Waals surface area contributed by atoms with Crippen LogP contribution in [-0.4, -0.2) is 11.0 Å². The first kappa shape index (κ1) is 15.0. The SMILES string of the molecule is Cc1ccccc1NC(=S)NNC(=O)c1ccccc1C. The Morgan fingerprint density at radius 1 is 0.905 bits per heavy atom. The number of hydrogen-bond acceptors (Lipinski definition) is 2. The van der Waals surface area contributed by atoms with Crippen molar-refractivity contribution >= 4 is 28.9 Å². The van der Waals surface area contributed by atoms with Gasteiger partial charge in [0.25, 0.3) is 5.91 Å². The zero-order chi connectivity index (χ0) is 15.2. The van der Waals surface area contributed by atoms with Gasteiger partial charge in [-0.25, -0.2) is 0 Å². The molecule has 0 heterocycles. The lowest BCUT2D eigenvalue weighted by Gasteiger charge is -2.13. The summed E-state index contributed by atoms with van der Waals surface area (Å²) in [5.74, 6) is -0.220. The molecule has 0 saturated heterocycles. The van der Waals surface area contributed by atoms with Crippen molar-refractivity contribution in [3.05, 3.63) is 65.2 Å². The van der Waals surface area contributed by atoms with Gasteiger partial charge in [-0.15, -0.1) is 0 Å². The van der Waals surface area contributed by atoms with E-state index in [-0.39, 0.29) is 5.91 Å². The Bertz CT molecular complexity index is 670. The molecule has 0 fully saturated rings. The van der Waals surface area contributed by atoms with E-state index in [9.17, 15) is 4.79 Å². The number of amides is 1. The fourth-order valence-corrected chi connectivity index (χ4v) is 2.04. The van der Waals surface area contributed by atoms with Crippen LogP contribution in [0.5, 0.6) is 0 Å². The van der Waals surface area contributed by atoms with Gasteiger partial charge in [0, 0.05) is 11.3 Å². The third kappa shape index (κ3) is 4.03. The van der Waals surface area contributed by atoms with E-state index < -0.39 is 0 Å². The van der Waals surface area contributed by atoms with Crippen molar-refractivity contribution in [1.82, 2.24) is 10.9 Å². The van der Waals surface area contributed by atoms with Crippen molar-refractivity contribution < 1.29 is 4.79 Å². The molecule has 2 aromatic rings. The fourth-order valence-electron chi connectivity index (χ4n) is 1.88. The van der Waals surface area contributed by atoms with E-state index in [1.165, 1.54) is 0 Å². The highest BCUT2D eigenvalue weighted by Crippen LogP contribution is 2.12. The van der Waals surface area contributed by atoms with Gasteiger partial charge in [-0.3, -0.25) is 15.6 Å². The van der Waals surface area contributed by atoms with E-state index in [2.05, 4.69) is 16.2 Å². The molecule has 108 valence electrons. The van der Waals surface area contributed by atoms with Crippen molar-refractivity contribution in [3.8, 4) is 0 Å². The smallest absolute Gasteiger partial charge is 0.269 e.